The summed E-state index contributed by atoms with van der Waals surface area (Å²) >= 11 is 0. The molecule has 9 heteroatoms. The van der Waals surface area contributed by atoms with Crippen molar-refractivity contribution in [2.24, 2.45) is 0 Å². The highest BCUT2D eigenvalue weighted by atomic mass is 16.6. The lowest BCUT2D eigenvalue weighted by Crippen LogP contribution is -2.15. The molecule has 0 aromatic heterocycles. The Morgan fingerprint density at radius 2 is 1.85 bits per heavy atom. The van der Waals surface area contributed by atoms with Crippen molar-refractivity contribution in [2.75, 3.05) is 11.9 Å². The van der Waals surface area contributed by atoms with Gasteiger partial charge in [-0.05, 0) is 30.7 Å². The Kier molecular flexibility index (Phi) is 5.63. The van der Waals surface area contributed by atoms with Gasteiger partial charge in [-0.2, -0.15) is 0 Å². The quantitative estimate of drug-likeness (QED) is 0.457. The van der Waals surface area contributed by atoms with Gasteiger partial charge in [0.2, 0.25) is 0 Å². The third kappa shape index (κ3) is 4.41. The Balaban J connectivity index is 2.32. The van der Waals surface area contributed by atoms with Crippen LogP contribution in [-0.2, 0) is 0 Å². The molecule has 26 heavy (non-hydrogen) atoms. The molecule has 0 atom stereocenters. The van der Waals surface area contributed by atoms with Crippen molar-refractivity contribution in [3.63, 3.8) is 0 Å². The van der Waals surface area contributed by atoms with Crippen LogP contribution in [0, 0.1) is 20.2 Å². The van der Waals surface area contributed by atoms with Crippen LogP contribution >= 0.6 is 0 Å². The number of amides is 1. The topological polar surface area (TPSA) is 125 Å². The number of ether oxygens (including phenoxy) is 1. The Hall–Kier alpha value is -3.75. The molecule has 9 nitrogen and oxygen atoms in total. The Morgan fingerprint density at radius 1 is 1.15 bits per heavy atom. The van der Waals surface area contributed by atoms with E-state index < -0.39 is 27.1 Å². The maximum Gasteiger partial charge on any atom is 0.289 e. The van der Waals surface area contributed by atoms with Crippen LogP contribution in [0.15, 0.2) is 54.6 Å². The number of hydrogen-bond acceptors (Lipinski definition) is 6. The van der Waals surface area contributed by atoms with Crippen molar-refractivity contribution < 1.29 is 19.4 Å². The SMILES string of the molecule is C=C(C)COc1ccccc1NC(=O)c1ccc([N+](=O)[O-])cc1[N+](=O)[O-]. The van der Waals surface area contributed by atoms with Gasteiger partial charge in [0.1, 0.15) is 17.9 Å². The average Bonchev–Trinajstić information content (AvgIpc) is 2.60. The van der Waals surface area contributed by atoms with Crippen molar-refractivity contribution >= 4 is 23.0 Å². The Bertz CT molecular complexity index is 894. The predicted octanol–water partition coefficient (Wildman–Crippen LogP) is 3.71. The first-order valence-corrected chi connectivity index (χ1v) is 7.40. The molecule has 2 aromatic carbocycles. The molecule has 2 aromatic rings. The average molecular weight is 357 g/mol. The van der Waals surface area contributed by atoms with E-state index in [0.29, 0.717) is 11.4 Å². The lowest BCUT2D eigenvalue weighted by atomic mass is 10.1. The molecule has 0 radical (unpaired) electrons. The zero-order valence-electron chi connectivity index (χ0n) is 13.8. The molecule has 0 aliphatic rings. The number of para-hydroxylation sites is 2. The summed E-state index contributed by atoms with van der Waals surface area (Å²) in [6.07, 6.45) is 0. The van der Waals surface area contributed by atoms with Gasteiger partial charge >= 0.3 is 0 Å². The van der Waals surface area contributed by atoms with Gasteiger partial charge in [-0.25, -0.2) is 0 Å². The molecular weight excluding hydrogens is 342 g/mol. The molecule has 0 aliphatic carbocycles. The summed E-state index contributed by atoms with van der Waals surface area (Å²) in [5.41, 5.74) is -0.339. The molecule has 0 fully saturated rings. The highest BCUT2D eigenvalue weighted by Crippen LogP contribution is 2.28. The van der Waals surface area contributed by atoms with E-state index in [1.54, 1.807) is 31.2 Å². The number of nitrogens with zero attached hydrogens (tertiary/aromatic N) is 2. The fourth-order valence-corrected chi connectivity index (χ4v) is 2.06. The summed E-state index contributed by atoms with van der Waals surface area (Å²) in [4.78, 5) is 32.8. The van der Waals surface area contributed by atoms with Crippen molar-refractivity contribution in [3.05, 3.63) is 80.4 Å². The molecule has 0 saturated carbocycles. The third-order valence-electron chi connectivity index (χ3n) is 3.24. The van der Waals surface area contributed by atoms with Gasteiger partial charge < -0.3 is 10.1 Å². The molecule has 0 saturated heterocycles. The Labute approximate surface area is 148 Å². The molecule has 0 unspecified atom stereocenters. The van der Waals surface area contributed by atoms with Gasteiger partial charge in [-0.15, -0.1) is 0 Å². The van der Waals surface area contributed by atoms with Crippen LogP contribution in [0.25, 0.3) is 0 Å². The minimum absolute atomic E-state index is 0.241. The first-order valence-electron chi connectivity index (χ1n) is 7.40. The second-order valence-electron chi connectivity index (χ2n) is 5.41. The molecule has 0 heterocycles. The number of nitro benzene ring substituents is 2. The second-order valence-corrected chi connectivity index (χ2v) is 5.41. The summed E-state index contributed by atoms with van der Waals surface area (Å²) in [5, 5.41) is 24.5. The molecule has 1 N–H and O–H groups in total. The fourth-order valence-electron chi connectivity index (χ4n) is 2.06. The lowest BCUT2D eigenvalue weighted by Gasteiger charge is -2.12. The van der Waals surface area contributed by atoms with Crippen LogP contribution in [-0.4, -0.2) is 22.4 Å². The zero-order valence-corrected chi connectivity index (χ0v) is 13.8. The van der Waals surface area contributed by atoms with E-state index in [0.717, 1.165) is 23.8 Å². The maximum atomic E-state index is 12.5. The van der Waals surface area contributed by atoms with Crippen LogP contribution < -0.4 is 10.1 Å². The minimum Gasteiger partial charge on any atom is -0.487 e. The largest absolute Gasteiger partial charge is 0.487 e. The molecule has 0 bridgehead atoms. The van der Waals surface area contributed by atoms with Crippen molar-refractivity contribution in [2.45, 2.75) is 6.92 Å². The first-order chi connectivity index (χ1) is 12.3. The van der Waals surface area contributed by atoms with Crippen LogP contribution in [0.5, 0.6) is 5.75 Å². The molecule has 2 rings (SSSR count). The van der Waals surface area contributed by atoms with Gasteiger partial charge in [-0.3, -0.25) is 25.0 Å². The summed E-state index contributed by atoms with van der Waals surface area (Å²) in [6.45, 7) is 5.74. The number of carbonyl (C=O) groups excluding carboxylic acids is 1. The van der Waals surface area contributed by atoms with Gasteiger partial charge in [0.05, 0.1) is 21.6 Å². The summed E-state index contributed by atoms with van der Waals surface area (Å²) in [6, 6.07) is 9.39. The normalized spacial score (nSPS) is 10.0. The molecule has 0 spiro atoms. The van der Waals surface area contributed by atoms with E-state index in [2.05, 4.69) is 11.9 Å². The number of carbonyl (C=O) groups is 1. The van der Waals surface area contributed by atoms with Crippen molar-refractivity contribution in [1.82, 2.24) is 0 Å². The molecule has 134 valence electrons. The number of nitrogens with one attached hydrogen (secondary N) is 1. The summed E-state index contributed by atoms with van der Waals surface area (Å²) in [5.74, 6) is -0.411. The van der Waals surface area contributed by atoms with E-state index in [1.807, 2.05) is 0 Å². The van der Waals surface area contributed by atoms with Crippen molar-refractivity contribution in [3.8, 4) is 5.75 Å². The fraction of sp³-hybridized carbons (Fsp3) is 0.118. The first kappa shape index (κ1) is 18.6. The van der Waals surface area contributed by atoms with Gasteiger partial charge in [0.25, 0.3) is 17.3 Å². The van der Waals surface area contributed by atoms with E-state index in [-0.39, 0.29) is 12.2 Å². The third-order valence-corrected chi connectivity index (χ3v) is 3.24. The zero-order chi connectivity index (χ0) is 19.3. The van der Waals surface area contributed by atoms with Gasteiger partial charge in [0.15, 0.2) is 0 Å². The number of rotatable bonds is 7. The van der Waals surface area contributed by atoms with E-state index in [4.69, 9.17) is 4.74 Å². The number of benzene rings is 2. The van der Waals surface area contributed by atoms with Gasteiger partial charge in [-0.1, -0.05) is 18.7 Å². The number of nitro groups is 2. The molecular formula is C17H15N3O6. The molecule has 1 amide bonds. The monoisotopic (exact) mass is 357 g/mol. The van der Waals surface area contributed by atoms with E-state index >= 15 is 0 Å². The van der Waals surface area contributed by atoms with E-state index in [9.17, 15) is 25.0 Å². The van der Waals surface area contributed by atoms with Crippen LogP contribution in [0.2, 0.25) is 0 Å². The van der Waals surface area contributed by atoms with Crippen LogP contribution in [0.4, 0.5) is 17.1 Å². The predicted molar refractivity (Wildman–Crippen MR) is 94.5 cm³/mol. The minimum atomic E-state index is -0.842. The van der Waals surface area contributed by atoms with E-state index in [1.165, 1.54) is 0 Å². The summed E-state index contributed by atoms with van der Waals surface area (Å²) < 4.78 is 5.53. The number of non-ortho nitro benzene ring substituents is 1. The smallest absolute Gasteiger partial charge is 0.289 e. The number of anilines is 1. The lowest BCUT2D eigenvalue weighted by molar-refractivity contribution is -0.394. The maximum absolute atomic E-state index is 12.5. The Morgan fingerprint density at radius 3 is 2.46 bits per heavy atom. The second kappa shape index (κ2) is 7.88. The van der Waals surface area contributed by atoms with Gasteiger partial charge in [0, 0.05) is 6.07 Å². The number of hydrogen-bond donors (Lipinski definition) is 1. The standard InChI is InChI=1S/C17H15N3O6/c1-11(2)10-26-16-6-4-3-5-14(16)18-17(21)13-8-7-12(19(22)23)9-15(13)20(24)25/h3-9H,1,10H2,2H3,(H,18,21). The van der Waals surface area contributed by atoms with Crippen LogP contribution in [0.3, 0.4) is 0 Å². The highest BCUT2D eigenvalue weighted by molar-refractivity contribution is 6.07. The highest BCUT2D eigenvalue weighted by Gasteiger charge is 2.24. The van der Waals surface area contributed by atoms with Crippen LogP contribution in [0.1, 0.15) is 17.3 Å². The molecule has 0 aliphatic heterocycles. The van der Waals surface area contributed by atoms with Crippen molar-refractivity contribution in [1.29, 1.82) is 0 Å². The summed E-state index contributed by atoms with van der Waals surface area (Å²) in [7, 11) is 0.